The highest BCUT2D eigenvalue weighted by atomic mass is 35.5. The Labute approximate surface area is 174 Å². The van der Waals surface area contributed by atoms with Gasteiger partial charge in [0.1, 0.15) is 0 Å². The monoisotopic (exact) mass is 411 g/mol. The van der Waals surface area contributed by atoms with Crippen molar-refractivity contribution in [2.24, 2.45) is 7.05 Å². The summed E-state index contributed by atoms with van der Waals surface area (Å²) in [4.78, 5) is 14.1. The van der Waals surface area contributed by atoms with E-state index in [9.17, 15) is 4.79 Å². The van der Waals surface area contributed by atoms with E-state index in [2.05, 4.69) is 22.5 Å². The molecule has 0 saturated heterocycles. The van der Waals surface area contributed by atoms with E-state index in [0.717, 1.165) is 35.4 Å². The van der Waals surface area contributed by atoms with Gasteiger partial charge in [-0.1, -0.05) is 41.9 Å². The Morgan fingerprint density at radius 1 is 1.29 bits per heavy atom. The molecule has 2 heterocycles. The quantitative estimate of drug-likeness (QED) is 0.635. The molecule has 1 aliphatic heterocycles. The predicted molar refractivity (Wildman–Crippen MR) is 115 cm³/mol. The number of fused-ring (bicyclic) bond motifs is 3. The molecular formula is C22H22ClN3OS. The second-order valence-electron chi connectivity index (χ2n) is 7.13. The lowest BCUT2D eigenvalue weighted by Gasteiger charge is -2.18. The lowest BCUT2D eigenvalue weighted by atomic mass is 10.0. The number of rotatable bonds is 5. The highest BCUT2D eigenvalue weighted by Crippen LogP contribution is 2.43. The van der Waals surface area contributed by atoms with Crippen molar-refractivity contribution in [2.45, 2.75) is 36.5 Å². The Balaban J connectivity index is 1.51. The minimum absolute atomic E-state index is 0.0725. The van der Waals surface area contributed by atoms with Gasteiger partial charge in [-0.25, -0.2) is 0 Å². The summed E-state index contributed by atoms with van der Waals surface area (Å²) in [7, 11) is 1.88. The predicted octanol–water partition coefficient (Wildman–Crippen LogP) is 5.10. The SMILES string of the molecule is CC(CCc1ccccc1)NC(=O)c1nn(C)c2c1CSc1ccc(Cl)cc1-2. The first kappa shape index (κ1) is 19.1. The van der Waals surface area contributed by atoms with Gasteiger partial charge in [-0.2, -0.15) is 5.10 Å². The zero-order valence-electron chi connectivity index (χ0n) is 15.9. The van der Waals surface area contributed by atoms with Crippen LogP contribution < -0.4 is 5.32 Å². The van der Waals surface area contributed by atoms with Crippen LogP contribution in [0.15, 0.2) is 53.4 Å². The van der Waals surface area contributed by atoms with Crippen LogP contribution in [0.5, 0.6) is 0 Å². The lowest BCUT2D eigenvalue weighted by molar-refractivity contribution is 0.0932. The third-order valence-electron chi connectivity index (χ3n) is 5.02. The van der Waals surface area contributed by atoms with Crippen molar-refractivity contribution in [2.75, 3.05) is 0 Å². The largest absolute Gasteiger partial charge is 0.348 e. The van der Waals surface area contributed by atoms with Gasteiger partial charge in [0.2, 0.25) is 0 Å². The smallest absolute Gasteiger partial charge is 0.272 e. The molecule has 4 rings (SSSR count). The molecule has 1 amide bonds. The first-order valence-corrected chi connectivity index (χ1v) is 10.7. The normalized spacial score (nSPS) is 13.5. The molecule has 1 unspecified atom stereocenters. The van der Waals surface area contributed by atoms with Gasteiger partial charge in [0.15, 0.2) is 5.69 Å². The van der Waals surface area contributed by atoms with Crippen LogP contribution in [0.2, 0.25) is 5.02 Å². The number of carbonyl (C=O) groups excluding carboxylic acids is 1. The number of aryl methyl sites for hydroxylation is 2. The Bertz CT molecular complexity index is 1020. The number of hydrogen-bond acceptors (Lipinski definition) is 3. The molecule has 0 spiro atoms. The summed E-state index contributed by atoms with van der Waals surface area (Å²) < 4.78 is 1.80. The number of hydrogen-bond donors (Lipinski definition) is 1. The van der Waals surface area contributed by atoms with Gasteiger partial charge < -0.3 is 5.32 Å². The van der Waals surface area contributed by atoms with Crippen LogP contribution in [0, 0.1) is 0 Å². The van der Waals surface area contributed by atoms with E-state index >= 15 is 0 Å². The first-order valence-electron chi connectivity index (χ1n) is 9.36. The van der Waals surface area contributed by atoms with Gasteiger partial charge in [0, 0.05) is 39.9 Å². The van der Waals surface area contributed by atoms with E-state index in [1.54, 1.807) is 16.4 Å². The molecule has 0 radical (unpaired) electrons. The molecule has 2 aromatic carbocycles. The van der Waals surface area contributed by atoms with Gasteiger partial charge >= 0.3 is 0 Å². The molecule has 1 aromatic heterocycles. The van der Waals surface area contributed by atoms with Crippen LogP contribution >= 0.6 is 23.4 Å². The van der Waals surface area contributed by atoms with Crippen molar-refractivity contribution in [3.63, 3.8) is 0 Å². The van der Waals surface area contributed by atoms with Crippen molar-refractivity contribution in [1.29, 1.82) is 0 Å². The molecule has 28 heavy (non-hydrogen) atoms. The number of amides is 1. The number of thioether (sulfide) groups is 1. The third kappa shape index (κ3) is 3.82. The van der Waals surface area contributed by atoms with Crippen molar-refractivity contribution >= 4 is 29.3 Å². The summed E-state index contributed by atoms with van der Waals surface area (Å²) in [6, 6.07) is 16.3. The fourth-order valence-electron chi connectivity index (χ4n) is 3.58. The molecule has 144 valence electrons. The second-order valence-corrected chi connectivity index (χ2v) is 8.58. The maximum absolute atomic E-state index is 12.9. The zero-order chi connectivity index (χ0) is 19.7. The van der Waals surface area contributed by atoms with Crippen molar-refractivity contribution in [3.8, 4) is 11.3 Å². The van der Waals surface area contributed by atoms with Gasteiger partial charge in [0.05, 0.1) is 5.69 Å². The maximum Gasteiger partial charge on any atom is 0.272 e. The van der Waals surface area contributed by atoms with E-state index in [4.69, 9.17) is 11.6 Å². The average Bonchev–Trinajstić information content (AvgIpc) is 3.04. The van der Waals surface area contributed by atoms with Gasteiger partial charge in [-0.15, -0.1) is 11.8 Å². The highest BCUT2D eigenvalue weighted by Gasteiger charge is 2.28. The average molecular weight is 412 g/mol. The minimum Gasteiger partial charge on any atom is -0.348 e. The van der Waals surface area contributed by atoms with E-state index in [-0.39, 0.29) is 11.9 Å². The molecular weight excluding hydrogens is 390 g/mol. The van der Waals surface area contributed by atoms with E-state index in [1.807, 2.05) is 50.4 Å². The first-order chi connectivity index (χ1) is 13.5. The Hall–Kier alpha value is -2.24. The molecule has 1 atom stereocenters. The van der Waals surface area contributed by atoms with Crippen LogP contribution in [0.1, 0.15) is 35.0 Å². The maximum atomic E-state index is 12.9. The van der Waals surface area contributed by atoms with Crippen molar-refractivity contribution in [3.05, 3.63) is 70.4 Å². The van der Waals surface area contributed by atoms with Crippen LogP contribution in [0.25, 0.3) is 11.3 Å². The molecule has 1 N–H and O–H groups in total. The fraction of sp³-hybridized carbons (Fsp3) is 0.273. The molecule has 1 aliphatic rings. The minimum atomic E-state index is -0.108. The van der Waals surface area contributed by atoms with Crippen LogP contribution in [-0.2, 0) is 19.2 Å². The van der Waals surface area contributed by atoms with Gasteiger partial charge in [-0.3, -0.25) is 9.48 Å². The van der Waals surface area contributed by atoms with Gasteiger partial charge in [-0.05, 0) is 43.5 Å². The summed E-state index contributed by atoms with van der Waals surface area (Å²) in [5, 5.41) is 8.34. The molecule has 4 nitrogen and oxygen atoms in total. The van der Waals surface area contributed by atoms with Gasteiger partial charge in [0.25, 0.3) is 5.91 Å². The molecule has 0 aliphatic carbocycles. The van der Waals surface area contributed by atoms with Crippen molar-refractivity contribution < 1.29 is 4.79 Å². The summed E-state index contributed by atoms with van der Waals surface area (Å²) in [6.07, 6.45) is 1.82. The standard InChI is InChI=1S/C22H22ClN3OS/c1-14(8-9-15-6-4-3-5-7-15)24-22(27)20-18-13-28-19-11-10-16(23)12-17(19)21(18)26(2)25-20/h3-7,10-12,14H,8-9,13H2,1-2H3,(H,24,27). The third-order valence-corrected chi connectivity index (χ3v) is 6.35. The van der Waals surface area contributed by atoms with E-state index in [1.165, 1.54) is 10.5 Å². The number of halogens is 1. The molecule has 6 heteroatoms. The molecule has 0 fully saturated rings. The summed E-state index contributed by atoms with van der Waals surface area (Å²) >= 11 is 7.92. The summed E-state index contributed by atoms with van der Waals surface area (Å²) in [6.45, 7) is 2.04. The Morgan fingerprint density at radius 2 is 2.07 bits per heavy atom. The van der Waals surface area contributed by atoms with Crippen LogP contribution in [0.3, 0.4) is 0 Å². The number of nitrogens with zero attached hydrogens (tertiary/aromatic N) is 2. The second kappa shape index (κ2) is 8.02. The summed E-state index contributed by atoms with van der Waals surface area (Å²) in [5.41, 5.74) is 4.81. The highest BCUT2D eigenvalue weighted by molar-refractivity contribution is 7.98. The number of nitrogens with one attached hydrogen (secondary N) is 1. The number of aromatic nitrogens is 2. The molecule has 3 aromatic rings. The lowest BCUT2D eigenvalue weighted by Crippen LogP contribution is -2.33. The number of carbonyl (C=O) groups is 1. The Kier molecular flexibility index (Phi) is 5.47. The fourth-order valence-corrected chi connectivity index (χ4v) is 4.80. The number of benzene rings is 2. The Morgan fingerprint density at radius 3 is 2.86 bits per heavy atom. The molecule has 0 bridgehead atoms. The molecule has 0 saturated carbocycles. The van der Waals surface area contributed by atoms with Crippen molar-refractivity contribution in [1.82, 2.24) is 15.1 Å². The summed E-state index contributed by atoms with van der Waals surface area (Å²) in [5.74, 6) is 0.627. The van der Waals surface area contributed by atoms with E-state index in [0.29, 0.717) is 10.7 Å². The topological polar surface area (TPSA) is 46.9 Å². The van der Waals surface area contributed by atoms with Crippen LogP contribution in [-0.4, -0.2) is 21.7 Å². The zero-order valence-corrected chi connectivity index (χ0v) is 17.5. The van der Waals surface area contributed by atoms with Crippen LogP contribution in [0.4, 0.5) is 0 Å². The van der Waals surface area contributed by atoms with E-state index < -0.39 is 0 Å².